The number of aromatic nitrogens is 4. The maximum absolute atomic E-state index is 12.7. The average Bonchev–Trinajstić information content (AvgIpc) is 3.13. The lowest BCUT2D eigenvalue weighted by Gasteiger charge is -2.33. The average molecular weight is 468 g/mol. The molecule has 2 fully saturated rings. The quantitative estimate of drug-likeness (QED) is 0.516. The monoisotopic (exact) mass is 467 g/mol. The number of rotatable bonds is 5. The molecule has 0 aromatic carbocycles. The fourth-order valence-electron chi connectivity index (χ4n) is 3.20. The van der Waals surface area contributed by atoms with E-state index in [0.717, 1.165) is 0 Å². The Morgan fingerprint density at radius 3 is 2.90 bits per heavy atom. The number of nitrogens with two attached hydrogens (primary N) is 1. The number of imidazole rings is 1. The van der Waals surface area contributed by atoms with Crippen LogP contribution in [0.3, 0.4) is 0 Å². The zero-order chi connectivity index (χ0) is 21.0. The molecule has 29 heavy (non-hydrogen) atoms. The molecule has 1 unspecified atom stereocenters. The Hall–Kier alpha value is -1.20. The van der Waals surface area contributed by atoms with Crippen LogP contribution in [0.15, 0.2) is 6.33 Å². The van der Waals surface area contributed by atoms with Crippen molar-refractivity contribution in [2.45, 2.75) is 49.6 Å². The number of fused-ring (bicyclic) bond motifs is 2. The lowest BCUT2D eigenvalue weighted by atomic mass is 10.2. The maximum atomic E-state index is 12.7. The molecule has 4 atom stereocenters. The molecule has 160 valence electrons. The summed E-state index contributed by atoms with van der Waals surface area (Å²) in [5, 5.41) is 0. The highest BCUT2D eigenvalue weighted by molar-refractivity contribution is 7.48. The van der Waals surface area contributed by atoms with Crippen molar-refractivity contribution >= 4 is 48.1 Å². The van der Waals surface area contributed by atoms with E-state index in [-0.39, 0.29) is 24.5 Å². The number of phosphoric acid groups is 1. The van der Waals surface area contributed by atoms with E-state index in [1.165, 1.54) is 10.9 Å². The number of nitrogen functional groups attached to an aromatic ring is 1. The van der Waals surface area contributed by atoms with Gasteiger partial charge in [0.25, 0.3) is 0 Å². The Morgan fingerprint density at radius 1 is 1.45 bits per heavy atom. The van der Waals surface area contributed by atoms with Gasteiger partial charge in [-0.3, -0.25) is 18.1 Å². The van der Waals surface area contributed by atoms with Crippen LogP contribution in [0.1, 0.15) is 27.0 Å². The Morgan fingerprint density at radius 2 is 2.21 bits per heavy atom. The summed E-state index contributed by atoms with van der Waals surface area (Å²) in [4.78, 5) is 12.5. The van der Waals surface area contributed by atoms with Gasteiger partial charge in [-0.05, 0) is 20.8 Å². The van der Waals surface area contributed by atoms with Gasteiger partial charge in [0.1, 0.15) is 12.2 Å². The minimum absolute atomic E-state index is 0.0118. The first-order valence-electron chi connectivity index (χ1n) is 8.92. The van der Waals surface area contributed by atoms with Crippen molar-refractivity contribution in [3.8, 4) is 5.88 Å². The van der Waals surface area contributed by atoms with Crippen molar-refractivity contribution < 1.29 is 27.6 Å². The normalized spacial score (nSPS) is 31.3. The number of halogens is 2. The number of phosphoric ester groups is 1. The van der Waals surface area contributed by atoms with Crippen molar-refractivity contribution in [1.82, 2.24) is 19.5 Å². The van der Waals surface area contributed by atoms with E-state index in [2.05, 4.69) is 15.0 Å². The molecule has 0 spiro atoms. The number of anilines is 1. The standard InChI is InChI=1S/C15H20Cl2N5O6P/c1-4-24-12-9-11(20-14(18)21-12)22(6-19-9)13-15(16,17)10-8(26-13)5-25-29(23,28-10)27-7(2)3/h6-8,10,13H,4-5H2,1-3H3,(H2,18,20,21)/t8-,10-,13-,29?/m1/s1. The highest BCUT2D eigenvalue weighted by Crippen LogP contribution is 2.61. The molecule has 11 nitrogen and oxygen atoms in total. The van der Waals surface area contributed by atoms with Crippen molar-refractivity contribution in [1.29, 1.82) is 0 Å². The van der Waals surface area contributed by atoms with Gasteiger partial charge in [-0.2, -0.15) is 9.97 Å². The molecule has 0 bridgehead atoms. The van der Waals surface area contributed by atoms with E-state index in [9.17, 15) is 4.57 Å². The lowest BCUT2D eigenvalue weighted by Crippen LogP contribution is -2.42. The molecule has 4 rings (SSSR count). The number of nitrogens with zero attached hydrogens (tertiary/aromatic N) is 4. The van der Waals surface area contributed by atoms with Gasteiger partial charge in [0.05, 0.1) is 25.6 Å². The summed E-state index contributed by atoms with van der Waals surface area (Å²) in [5.74, 6) is 0.218. The molecule has 2 aromatic rings. The molecule has 2 aliphatic heterocycles. The summed E-state index contributed by atoms with van der Waals surface area (Å²) in [5.41, 5.74) is 6.49. The van der Waals surface area contributed by atoms with Crippen molar-refractivity contribution in [2.24, 2.45) is 0 Å². The van der Waals surface area contributed by atoms with Gasteiger partial charge in [0, 0.05) is 0 Å². The molecule has 0 radical (unpaired) electrons. The fourth-order valence-corrected chi connectivity index (χ4v) is 5.60. The summed E-state index contributed by atoms with van der Waals surface area (Å²) in [6.07, 6.45) is -1.59. The van der Waals surface area contributed by atoms with Gasteiger partial charge in [0.15, 0.2) is 21.7 Å². The largest absolute Gasteiger partial charge is 0.476 e. The van der Waals surface area contributed by atoms with Crippen molar-refractivity contribution in [3.63, 3.8) is 0 Å². The Labute approximate surface area is 176 Å². The second kappa shape index (κ2) is 7.49. The van der Waals surface area contributed by atoms with Gasteiger partial charge < -0.3 is 15.2 Å². The first kappa shape index (κ1) is 21.0. The number of ether oxygens (including phenoxy) is 2. The van der Waals surface area contributed by atoms with E-state index >= 15 is 0 Å². The molecular weight excluding hydrogens is 448 g/mol. The van der Waals surface area contributed by atoms with Crippen LogP contribution in [0.5, 0.6) is 5.88 Å². The first-order valence-corrected chi connectivity index (χ1v) is 11.1. The van der Waals surface area contributed by atoms with Gasteiger partial charge >= 0.3 is 7.82 Å². The van der Waals surface area contributed by atoms with E-state index in [1.807, 2.05) is 6.92 Å². The molecule has 0 amide bonds. The molecule has 0 saturated carbocycles. The SMILES string of the molecule is CCOc1nc(N)nc2c1ncn2[C@@H]1O[C@@H]2COP(=O)(OC(C)C)O[C@H]2C1(Cl)Cl. The number of hydrogen-bond acceptors (Lipinski definition) is 10. The Kier molecular flexibility index (Phi) is 5.44. The van der Waals surface area contributed by atoms with Gasteiger partial charge in [-0.15, -0.1) is 0 Å². The van der Waals surface area contributed by atoms with Gasteiger partial charge in [0.2, 0.25) is 11.8 Å². The summed E-state index contributed by atoms with van der Waals surface area (Å²) in [6.45, 7) is 5.52. The van der Waals surface area contributed by atoms with Gasteiger partial charge in [-0.25, -0.2) is 9.55 Å². The predicted molar refractivity (Wildman–Crippen MR) is 104 cm³/mol. The maximum Gasteiger partial charge on any atom is 0.475 e. The molecule has 14 heteroatoms. The molecule has 0 aliphatic carbocycles. The third kappa shape index (κ3) is 3.69. The summed E-state index contributed by atoms with van der Waals surface area (Å²) < 4.78 is 40.2. The van der Waals surface area contributed by atoms with E-state index < -0.39 is 30.6 Å². The van der Waals surface area contributed by atoms with Crippen LogP contribution in [0.25, 0.3) is 11.2 Å². The Bertz CT molecular complexity index is 972. The molecule has 2 aromatic heterocycles. The molecule has 2 N–H and O–H groups in total. The van der Waals surface area contributed by atoms with Crippen molar-refractivity contribution in [2.75, 3.05) is 18.9 Å². The predicted octanol–water partition coefficient (Wildman–Crippen LogP) is 2.83. The smallest absolute Gasteiger partial charge is 0.475 e. The molecule has 2 aliphatic rings. The van der Waals surface area contributed by atoms with E-state index in [1.54, 1.807) is 13.8 Å². The number of hydrogen-bond donors (Lipinski definition) is 1. The van der Waals surface area contributed by atoms with Gasteiger partial charge in [-0.1, -0.05) is 23.2 Å². The second-order valence-electron chi connectivity index (χ2n) is 6.77. The summed E-state index contributed by atoms with van der Waals surface area (Å²) >= 11 is 13.3. The van der Waals surface area contributed by atoms with Crippen LogP contribution in [0, 0.1) is 0 Å². The van der Waals surface area contributed by atoms with Crippen LogP contribution >= 0.6 is 31.0 Å². The minimum Gasteiger partial charge on any atom is -0.476 e. The van der Waals surface area contributed by atoms with Crippen molar-refractivity contribution in [3.05, 3.63) is 6.33 Å². The molecular formula is C15H20Cl2N5O6P. The minimum atomic E-state index is -3.84. The zero-order valence-electron chi connectivity index (χ0n) is 15.8. The lowest BCUT2D eigenvalue weighted by molar-refractivity contribution is -0.0733. The highest BCUT2D eigenvalue weighted by atomic mass is 35.5. The fraction of sp³-hybridized carbons (Fsp3) is 0.667. The third-order valence-corrected chi connectivity index (χ3v) is 6.70. The summed E-state index contributed by atoms with van der Waals surface area (Å²) in [7, 11) is -3.84. The highest BCUT2D eigenvalue weighted by Gasteiger charge is 2.62. The third-order valence-electron chi connectivity index (χ3n) is 4.27. The van der Waals surface area contributed by atoms with Crippen LogP contribution in [-0.4, -0.2) is 55.4 Å². The topological polar surface area (TPSA) is 133 Å². The molecule has 4 heterocycles. The second-order valence-corrected chi connectivity index (χ2v) is 9.79. The van der Waals surface area contributed by atoms with Crippen LogP contribution in [0.4, 0.5) is 5.95 Å². The van der Waals surface area contributed by atoms with E-state index in [4.69, 9.17) is 52.0 Å². The first-order chi connectivity index (χ1) is 13.6. The van der Waals surface area contributed by atoms with Crippen LogP contribution < -0.4 is 10.5 Å². The molecule has 2 saturated heterocycles. The van der Waals surface area contributed by atoms with Crippen LogP contribution in [-0.2, 0) is 22.9 Å². The summed E-state index contributed by atoms with van der Waals surface area (Å²) in [6, 6.07) is 0. The number of alkyl halides is 2. The Balaban J connectivity index is 1.70. The zero-order valence-corrected chi connectivity index (χ0v) is 18.2. The van der Waals surface area contributed by atoms with E-state index in [0.29, 0.717) is 17.8 Å². The van der Waals surface area contributed by atoms with Crippen LogP contribution in [0.2, 0.25) is 0 Å².